The lowest BCUT2D eigenvalue weighted by Crippen LogP contribution is -2.32. The highest BCUT2D eigenvalue weighted by Gasteiger charge is 2.17. The van der Waals surface area contributed by atoms with Crippen LogP contribution in [-0.4, -0.2) is 43.3 Å². The molecule has 1 fully saturated rings. The van der Waals surface area contributed by atoms with E-state index in [0.29, 0.717) is 17.4 Å². The molecule has 8 heteroatoms. The average molecular weight is 337 g/mol. The van der Waals surface area contributed by atoms with Gasteiger partial charge in [0.2, 0.25) is 0 Å². The number of amides is 1. The number of hydrogen-bond acceptors (Lipinski definition) is 5. The molecule has 1 aliphatic rings. The Balaban J connectivity index is 1.42. The van der Waals surface area contributed by atoms with Crippen LogP contribution in [0.25, 0.3) is 5.82 Å². The molecule has 0 aliphatic carbocycles. The molecule has 1 amide bonds. The van der Waals surface area contributed by atoms with Crippen molar-refractivity contribution >= 4 is 11.6 Å². The van der Waals surface area contributed by atoms with Crippen LogP contribution in [0.4, 0.5) is 5.69 Å². The Morgan fingerprint density at radius 3 is 2.96 bits per heavy atom. The van der Waals surface area contributed by atoms with Crippen molar-refractivity contribution < 1.29 is 4.79 Å². The summed E-state index contributed by atoms with van der Waals surface area (Å²) in [6.07, 6.45) is 10.9. The van der Waals surface area contributed by atoms with Crippen molar-refractivity contribution in [1.29, 1.82) is 0 Å². The van der Waals surface area contributed by atoms with E-state index in [1.807, 2.05) is 29.2 Å². The summed E-state index contributed by atoms with van der Waals surface area (Å²) in [6.45, 7) is 1.94. The Bertz CT molecular complexity index is 832. The molecule has 4 heterocycles. The lowest BCUT2D eigenvalue weighted by Gasteiger charge is -2.22. The molecule has 8 nitrogen and oxygen atoms in total. The molecule has 25 heavy (non-hydrogen) atoms. The fourth-order valence-electron chi connectivity index (χ4n) is 2.92. The van der Waals surface area contributed by atoms with Crippen LogP contribution in [-0.2, 0) is 0 Å². The van der Waals surface area contributed by atoms with E-state index in [0.717, 1.165) is 31.7 Å². The molecule has 0 radical (unpaired) electrons. The van der Waals surface area contributed by atoms with Gasteiger partial charge in [-0.2, -0.15) is 5.10 Å². The fourth-order valence-corrected chi connectivity index (χ4v) is 2.92. The minimum Gasteiger partial charge on any atom is -0.319 e. The van der Waals surface area contributed by atoms with Crippen LogP contribution >= 0.6 is 0 Å². The van der Waals surface area contributed by atoms with E-state index < -0.39 is 0 Å². The van der Waals surface area contributed by atoms with Crippen LogP contribution in [0.3, 0.4) is 0 Å². The van der Waals surface area contributed by atoms with E-state index in [1.165, 1.54) is 0 Å². The van der Waals surface area contributed by atoms with Crippen molar-refractivity contribution in [1.82, 2.24) is 29.6 Å². The smallest absolute Gasteiger partial charge is 0.276 e. The molecule has 0 saturated carbocycles. The van der Waals surface area contributed by atoms with E-state index in [1.54, 1.807) is 29.4 Å². The molecule has 2 N–H and O–H groups in total. The van der Waals surface area contributed by atoms with Crippen molar-refractivity contribution in [3.05, 3.63) is 55.0 Å². The quantitative estimate of drug-likeness (QED) is 0.755. The number of nitrogens with zero attached hydrogens (tertiary/aromatic N) is 5. The van der Waals surface area contributed by atoms with E-state index in [9.17, 15) is 4.79 Å². The first kappa shape index (κ1) is 15.5. The molecule has 1 aliphatic heterocycles. The number of hydrogen-bond donors (Lipinski definition) is 2. The molecular formula is C17H19N7O. The molecule has 4 rings (SSSR count). The number of pyridine rings is 1. The van der Waals surface area contributed by atoms with Gasteiger partial charge in [-0.1, -0.05) is 0 Å². The zero-order valence-corrected chi connectivity index (χ0v) is 13.7. The van der Waals surface area contributed by atoms with Gasteiger partial charge in [-0.3, -0.25) is 14.0 Å². The number of rotatable bonds is 4. The SMILES string of the molecule is O=C(Nc1ccc(-n2ccnc2)nc1)c1ccn(C2CCCNC2)n1. The second kappa shape index (κ2) is 6.86. The molecule has 128 valence electrons. The molecule has 0 bridgehead atoms. The monoisotopic (exact) mass is 337 g/mol. The minimum absolute atomic E-state index is 0.236. The van der Waals surface area contributed by atoms with Crippen LogP contribution < -0.4 is 10.6 Å². The molecule has 1 unspecified atom stereocenters. The average Bonchev–Trinajstić information content (AvgIpc) is 3.35. The van der Waals surface area contributed by atoms with Crippen molar-refractivity contribution in [3.8, 4) is 5.82 Å². The molecule has 3 aromatic heterocycles. The Kier molecular flexibility index (Phi) is 4.26. The second-order valence-corrected chi connectivity index (χ2v) is 6.01. The summed E-state index contributed by atoms with van der Waals surface area (Å²) >= 11 is 0. The Hall–Kier alpha value is -3.00. The van der Waals surface area contributed by atoms with Gasteiger partial charge in [0.05, 0.1) is 17.9 Å². The number of carbonyl (C=O) groups excluding carboxylic acids is 1. The highest BCUT2D eigenvalue weighted by Crippen LogP contribution is 2.16. The summed E-state index contributed by atoms with van der Waals surface area (Å²) in [7, 11) is 0. The molecular weight excluding hydrogens is 318 g/mol. The van der Waals surface area contributed by atoms with Gasteiger partial charge < -0.3 is 10.6 Å². The third kappa shape index (κ3) is 3.43. The minimum atomic E-state index is -0.236. The summed E-state index contributed by atoms with van der Waals surface area (Å²) in [4.78, 5) is 20.7. The predicted octanol–water partition coefficient (Wildman–Crippen LogP) is 1.64. The maximum Gasteiger partial charge on any atom is 0.276 e. The second-order valence-electron chi connectivity index (χ2n) is 6.01. The summed E-state index contributed by atoms with van der Waals surface area (Å²) in [6, 6.07) is 5.69. The molecule has 1 saturated heterocycles. The standard InChI is InChI=1S/C17H19N7O/c25-17(15-5-8-24(22-15)14-2-1-6-18-11-14)21-13-3-4-16(20-10-13)23-9-7-19-12-23/h3-5,7-10,12,14,18H,1-2,6,11H2,(H,21,25). The van der Waals surface area contributed by atoms with Crippen molar-refractivity contribution in [2.75, 3.05) is 18.4 Å². The summed E-state index contributed by atoms with van der Waals surface area (Å²) in [5.41, 5.74) is 1.03. The van der Waals surface area contributed by atoms with Crippen LogP contribution in [0.1, 0.15) is 29.4 Å². The van der Waals surface area contributed by atoms with E-state index in [-0.39, 0.29) is 5.91 Å². The van der Waals surface area contributed by atoms with Gasteiger partial charge in [-0.25, -0.2) is 9.97 Å². The van der Waals surface area contributed by atoms with E-state index >= 15 is 0 Å². The van der Waals surface area contributed by atoms with E-state index in [2.05, 4.69) is 25.7 Å². The fraction of sp³-hybridized carbons (Fsp3) is 0.294. The highest BCUT2D eigenvalue weighted by atomic mass is 16.1. The van der Waals surface area contributed by atoms with Gasteiger partial charge in [0, 0.05) is 25.1 Å². The molecule has 3 aromatic rings. The first-order chi connectivity index (χ1) is 12.3. The maximum absolute atomic E-state index is 12.4. The zero-order valence-electron chi connectivity index (χ0n) is 13.7. The van der Waals surface area contributed by atoms with Crippen LogP contribution in [0, 0.1) is 0 Å². The van der Waals surface area contributed by atoms with Crippen molar-refractivity contribution in [2.24, 2.45) is 0 Å². The third-order valence-corrected chi connectivity index (χ3v) is 4.26. The number of imidazole rings is 1. The number of carbonyl (C=O) groups is 1. The largest absolute Gasteiger partial charge is 0.319 e. The van der Waals surface area contributed by atoms with Gasteiger partial charge in [0.1, 0.15) is 12.1 Å². The van der Waals surface area contributed by atoms with Gasteiger partial charge in [-0.05, 0) is 37.6 Å². The first-order valence-electron chi connectivity index (χ1n) is 8.31. The third-order valence-electron chi connectivity index (χ3n) is 4.26. The summed E-state index contributed by atoms with van der Waals surface area (Å²) in [5, 5.41) is 10.6. The molecule has 0 aromatic carbocycles. The van der Waals surface area contributed by atoms with Crippen LogP contribution in [0.15, 0.2) is 49.3 Å². The number of piperidine rings is 1. The van der Waals surface area contributed by atoms with Gasteiger partial charge >= 0.3 is 0 Å². The topological polar surface area (TPSA) is 89.7 Å². The lowest BCUT2D eigenvalue weighted by molar-refractivity contribution is 0.102. The molecule has 1 atom stereocenters. The summed E-state index contributed by atoms with van der Waals surface area (Å²) < 4.78 is 3.67. The van der Waals surface area contributed by atoms with Crippen molar-refractivity contribution in [3.63, 3.8) is 0 Å². The van der Waals surface area contributed by atoms with Crippen molar-refractivity contribution in [2.45, 2.75) is 18.9 Å². The van der Waals surface area contributed by atoms with Gasteiger partial charge in [-0.15, -0.1) is 0 Å². The highest BCUT2D eigenvalue weighted by molar-refractivity contribution is 6.02. The zero-order chi connectivity index (χ0) is 17.1. The maximum atomic E-state index is 12.4. The normalized spacial score (nSPS) is 17.4. The Labute approximate surface area is 144 Å². The summed E-state index contributed by atoms with van der Waals surface area (Å²) in [5.74, 6) is 0.504. The van der Waals surface area contributed by atoms with Crippen LogP contribution in [0.2, 0.25) is 0 Å². The van der Waals surface area contributed by atoms with E-state index in [4.69, 9.17) is 0 Å². The number of aromatic nitrogens is 5. The Morgan fingerprint density at radius 1 is 1.28 bits per heavy atom. The van der Waals surface area contributed by atoms with Gasteiger partial charge in [0.25, 0.3) is 5.91 Å². The molecule has 0 spiro atoms. The predicted molar refractivity (Wildman–Crippen MR) is 92.7 cm³/mol. The van der Waals surface area contributed by atoms with Gasteiger partial charge in [0.15, 0.2) is 5.69 Å². The van der Waals surface area contributed by atoms with Crippen LogP contribution in [0.5, 0.6) is 0 Å². The number of nitrogens with one attached hydrogen (secondary N) is 2. The Morgan fingerprint density at radius 2 is 2.24 bits per heavy atom. The lowest BCUT2D eigenvalue weighted by atomic mass is 10.1. The number of anilines is 1. The first-order valence-corrected chi connectivity index (χ1v) is 8.31.